The minimum atomic E-state index is 0.0952. The van der Waals surface area contributed by atoms with Crippen molar-refractivity contribution in [3.05, 3.63) is 72.4 Å². The SMILES string of the molecule is CC(=O)c1cc(-c2ccc3c(ccn3C)c2)c2ccccc2c1. The van der Waals surface area contributed by atoms with E-state index in [2.05, 4.69) is 47.2 Å². The lowest BCUT2D eigenvalue weighted by Crippen LogP contribution is -1.94. The maximum atomic E-state index is 11.9. The number of rotatable bonds is 2. The van der Waals surface area contributed by atoms with Crippen molar-refractivity contribution in [2.24, 2.45) is 7.05 Å². The molecule has 4 rings (SSSR count). The Hall–Kier alpha value is -2.87. The summed E-state index contributed by atoms with van der Waals surface area (Å²) in [6.07, 6.45) is 2.07. The largest absolute Gasteiger partial charge is 0.351 e. The van der Waals surface area contributed by atoms with Crippen molar-refractivity contribution in [2.45, 2.75) is 6.92 Å². The van der Waals surface area contributed by atoms with E-state index in [1.807, 2.05) is 31.3 Å². The van der Waals surface area contributed by atoms with Gasteiger partial charge in [-0.1, -0.05) is 30.3 Å². The molecule has 1 aromatic heterocycles. The summed E-state index contributed by atoms with van der Waals surface area (Å²) in [6, 6.07) is 20.8. The van der Waals surface area contributed by atoms with Crippen LogP contribution in [0.4, 0.5) is 0 Å². The van der Waals surface area contributed by atoms with Gasteiger partial charge in [-0.15, -0.1) is 0 Å². The monoisotopic (exact) mass is 299 g/mol. The molecule has 0 amide bonds. The second-order valence-corrected chi connectivity index (χ2v) is 6.00. The Morgan fingerprint density at radius 3 is 2.57 bits per heavy atom. The van der Waals surface area contributed by atoms with Crippen LogP contribution in [-0.4, -0.2) is 10.4 Å². The Bertz CT molecular complexity index is 1060. The lowest BCUT2D eigenvalue weighted by molar-refractivity contribution is 0.101. The molecule has 0 aliphatic carbocycles. The summed E-state index contributed by atoms with van der Waals surface area (Å²) < 4.78 is 2.11. The van der Waals surface area contributed by atoms with Crippen molar-refractivity contribution in [3.8, 4) is 11.1 Å². The first-order valence-electron chi connectivity index (χ1n) is 7.73. The zero-order chi connectivity index (χ0) is 16.0. The van der Waals surface area contributed by atoms with Gasteiger partial charge in [0, 0.05) is 29.7 Å². The van der Waals surface area contributed by atoms with E-state index in [-0.39, 0.29) is 5.78 Å². The van der Waals surface area contributed by atoms with Crippen molar-refractivity contribution in [2.75, 3.05) is 0 Å². The molecule has 0 fully saturated rings. The van der Waals surface area contributed by atoms with E-state index in [9.17, 15) is 4.79 Å². The molecule has 0 aliphatic heterocycles. The number of benzene rings is 3. The molecule has 0 atom stereocenters. The van der Waals surface area contributed by atoms with Gasteiger partial charge in [0.25, 0.3) is 0 Å². The quantitative estimate of drug-likeness (QED) is 0.466. The molecule has 0 aliphatic rings. The van der Waals surface area contributed by atoms with Crippen molar-refractivity contribution in [1.82, 2.24) is 4.57 Å². The molecule has 0 saturated heterocycles. The Labute approximate surface area is 135 Å². The van der Waals surface area contributed by atoms with Crippen LogP contribution in [0.1, 0.15) is 17.3 Å². The summed E-state index contributed by atoms with van der Waals surface area (Å²) in [6.45, 7) is 1.62. The van der Waals surface area contributed by atoms with Gasteiger partial charge in [-0.3, -0.25) is 4.79 Å². The van der Waals surface area contributed by atoms with Gasteiger partial charge in [0.05, 0.1) is 0 Å². The number of nitrogens with zero attached hydrogens (tertiary/aromatic N) is 1. The van der Waals surface area contributed by atoms with Gasteiger partial charge in [-0.2, -0.15) is 0 Å². The first-order valence-corrected chi connectivity index (χ1v) is 7.73. The fourth-order valence-corrected chi connectivity index (χ4v) is 3.20. The van der Waals surface area contributed by atoms with E-state index >= 15 is 0 Å². The lowest BCUT2D eigenvalue weighted by Gasteiger charge is -2.10. The molecule has 0 unspecified atom stereocenters. The van der Waals surface area contributed by atoms with E-state index < -0.39 is 0 Å². The molecule has 4 aromatic rings. The van der Waals surface area contributed by atoms with Gasteiger partial charge in [-0.05, 0) is 59.2 Å². The molecule has 2 heteroatoms. The maximum absolute atomic E-state index is 11.9. The van der Waals surface area contributed by atoms with Crippen LogP contribution in [0.15, 0.2) is 66.9 Å². The van der Waals surface area contributed by atoms with Gasteiger partial charge in [0.15, 0.2) is 5.78 Å². The van der Waals surface area contributed by atoms with Crippen molar-refractivity contribution in [3.63, 3.8) is 0 Å². The van der Waals surface area contributed by atoms with Gasteiger partial charge in [-0.25, -0.2) is 0 Å². The zero-order valence-electron chi connectivity index (χ0n) is 13.2. The van der Waals surface area contributed by atoms with Crippen LogP contribution in [0, 0.1) is 0 Å². The molecule has 0 N–H and O–H groups in total. The van der Waals surface area contributed by atoms with Crippen LogP contribution in [0.2, 0.25) is 0 Å². The standard InChI is InChI=1S/C21H17NO/c1-14(23)18-12-15-5-3-4-6-19(15)20(13-18)16-7-8-21-17(11-16)9-10-22(21)2/h3-13H,1-2H3. The van der Waals surface area contributed by atoms with E-state index in [4.69, 9.17) is 0 Å². The van der Waals surface area contributed by atoms with Gasteiger partial charge >= 0.3 is 0 Å². The Morgan fingerprint density at radius 2 is 1.74 bits per heavy atom. The number of aromatic nitrogens is 1. The summed E-state index contributed by atoms with van der Waals surface area (Å²) in [5.41, 5.74) is 4.22. The second-order valence-electron chi connectivity index (χ2n) is 6.00. The minimum absolute atomic E-state index is 0.0952. The molecule has 0 radical (unpaired) electrons. The Balaban J connectivity index is 2.03. The number of hydrogen-bond acceptors (Lipinski definition) is 1. The van der Waals surface area contributed by atoms with Crippen LogP contribution in [0.25, 0.3) is 32.8 Å². The molecule has 1 heterocycles. The maximum Gasteiger partial charge on any atom is 0.159 e. The topological polar surface area (TPSA) is 22.0 Å². The molecule has 3 aromatic carbocycles. The number of carbonyl (C=O) groups is 1. The molecule has 0 bridgehead atoms. The molecule has 2 nitrogen and oxygen atoms in total. The average Bonchev–Trinajstić information content (AvgIpc) is 2.94. The van der Waals surface area contributed by atoms with Crippen LogP contribution in [-0.2, 0) is 7.05 Å². The minimum Gasteiger partial charge on any atom is -0.351 e. The van der Waals surface area contributed by atoms with Crippen LogP contribution in [0.3, 0.4) is 0 Å². The highest BCUT2D eigenvalue weighted by Crippen LogP contribution is 2.32. The zero-order valence-corrected chi connectivity index (χ0v) is 13.2. The molecular formula is C21H17NO. The van der Waals surface area contributed by atoms with Crippen molar-refractivity contribution >= 4 is 27.5 Å². The number of ketones is 1. The fourth-order valence-electron chi connectivity index (χ4n) is 3.20. The normalized spacial score (nSPS) is 11.2. The van der Waals surface area contributed by atoms with Crippen molar-refractivity contribution in [1.29, 1.82) is 0 Å². The summed E-state index contributed by atoms with van der Waals surface area (Å²) in [4.78, 5) is 11.9. The lowest BCUT2D eigenvalue weighted by atomic mass is 9.94. The van der Waals surface area contributed by atoms with Gasteiger partial charge in [0.1, 0.15) is 0 Å². The number of carbonyl (C=O) groups excluding carboxylic acids is 1. The Morgan fingerprint density at radius 1 is 0.913 bits per heavy atom. The number of aryl methyl sites for hydroxylation is 1. The summed E-state index contributed by atoms with van der Waals surface area (Å²) in [7, 11) is 2.05. The molecule has 0 saturated carbocycles. The summed E-state index contributed by atoms with van der Waals surface area (Å²) in [5.74, 6) is 0.0952. The van der Waals surface area contributed by atoms with E-state index in [0.29, 0.717) is 0 Å². The number of hydrogen-bond donors (Lipinski definition) is 0. The van der Waals surface area contributed by atoms with Crippen molar-refractivity contribution < 1.29 is 4.79 Å². The smallest absolute Gasteiger partial charge is 0.159 e. The molecular weight excluding hydrogens is 282 g/mol. The van der Waals surface area contributed by atoms with Crippen LogP contribution in [0.5, 0.6) is 0 Å². The highest BCUT2D eigenvalue weighted by molar-refractivity contribution is 6.05. The number of Topliss-reactive ketones (excluding diaryl/α,β-unsaturated/α-hetero) is 1. The highest BCUT2D eigenvalue weighted by atomic mass is 16.1. The average molecular weight is 299 g/mol. The summed E-state index contributed by atoms with van der Waals surface area (Å²) >= 11 is 0. The molecule has 112 valence electrons. The summed E-state index contributed by atoms with van der Waals surface area (Å²) in [5, 5.41) is 3.48. The van der Waals surface area contributed by atoms with Crippen LogP contribution >= 0.6 is 0 Å². The van der Waals surface area contributed by atoms with E-state index in [1.165, 1.54) is 16.3 Å². The third-order valence-corrected chi connectivity index (χ3v) is 4.46. The van der Waals surface area contributed by atoms with Crippen LogP contribution < -0.4 is 0 Å². The fraction of sp³-hybridized carbons (Fsp3) is 0.0952. The first-order chi connectivity index (χ1) is 11.1. The second kappa shape index (κ2) is 5.10. The van der Waals surface area contributed by atoms with Gasteiger partial charge in [0.2, 0.25) is 0 Å². The third-order valence-electron chi connectivity index (χ3n) is 4.46. The predicted octanol–water partition coefficient (Wildman–Crippen LogP) is 5.20. The highest BCUT2D eigenvalue weighted by Gasteiger charge is 2.10. The molecule has 23 heavy (non-hydrogen) atoms. The first kappa shape index (κ1) is 13.8. The predicted molar refractivity (Wildman–Crippen MR) is 95.9 cm³/mol. The van der Waals surface area contributed by atoms with E-state index in [0.717, 1.165) is 22.1 Å². The van der Waals surface area contributed by atoms with E-state index in [1.54, 1.807) is 6.92 Å². The molecule has 0 spiro atoms. The Kier molecular flexibility index (Phi) is 3.05. The third kappa shape index (κ3) is 2.23. The van der Waals surface area contributed by atoms with Gasteiger partial charge < -0.3 is 4.57 Å². The number of fused-ring (bicyclic) bond motifs is 2.